The zero-order valence-corrected chi connectivity index (χ0v) is 12.8. The third-order valence-electron chi connectivity index (χ3n) is 4.59. The van der Waals surface area contributed by atoms with E-state index in [1.54, 1.807) is 0 Å². The van der Waals surface area contributed by atoms with Crippen molar-refractivity contribution >= 4 is 23.2 Å². The van der Waals surface area contributed by atoms with E-state index < -0.39 is 0 Å². The number of hydrogen-bond donors (Lipinski definition) is 2. The van der Waals surface area contributed by atoms with Crippen molar-refractivity contribution in [2.45, 2.75) is 44.6 Å². The van der Waals surface area contributed by atoms with E-state index in [0.717, 1.165) is 50.0 Å². The largest absolute Gasteiger partial charge is 0.328 e. The number of anilines is 2. The Morgan fingerprint density at radius 3 is 2.86 bits per heavy atom. The molecule has 1 saturated carbocycles. The molecule has 5 heteroatoms. The number of carbonyl (C=O) groups excluding carboxylic acids is 2. The molecular formula is C17H23N3O2. The molecule has 3 rings (SSSR count). The molecular weight excluding hydrogens is 278 g/mol. The first kappa shape index (κ1) is 15.0. The van der Waals surface area contributed by atoms with E-state index in [-0.39, 0.29) is 23.8 Å². The standard InChI is InChI=1S/C17H23N3O2/c18-13-8-7-12(10-13)17(22)19-14-4-3-5-15(11-14)20-9-2-1-6-16(20)21/h3-5,11-13H,1-2,6-10,18H2,(H,19,22). The molecule has 0 radical (unpaired) electrons. The van der Waals surface area contributed by atoms with Crippen molar-refractivity contribution < 1.29 is 9.59 Å². The fraction of sp³-hybridized carbons (Fsp3) is 0.529. The lowest BCUT2D eigenvalue weighted by atomic mass is 10.1. The molecule has 0 bridgehead atoms. The summed E-state index contributed by atoms with van der Waals surface area (Å²) in [7, 11) is 0. The number of amides is 2. The van der Waals surface area contributed by atoms with Crippen molar-refractivity contribution in [3.05, 3.63) is 24.3 Å². The molecule has 118 valence electrons. The molecule has 22 heavy (non-hydrogen) atoms. The van der Waals surface area contributed by atoms with Gasteiger partial charge >= 0.3 is 0 Å². The van der Waals surface area contributed by atoms with Crippen LogP contribution in [0.1, 0.15) is 38.5 Å². The lowest BCUT2D eigenvalue weighted by Crippen LogP contribution is -2.35. The molecule has 2 amide bonds. The van der Waals surface area contributed by atoms with Crippen LogP contribution in [0.15, 0.2) is 24.3 Å². The Bertz CT molecular complexity index is 573. The van der Waals surface area contributed by atoms with E-state index in [1.165, 1.54) is 0 Å². The molecule has 2 fully saturated rings. The highest BCUT2D eigenvalue weighted by atomic mass is 16.2. The number of nitrogens with two attached hydrogens (primary N) is 1. The second kappa shape index (κ2) is 6.48. The first-order valence-corrected chi connectivity index (χ1v) is 8.10. The van der Waals surface area contributed by atoms with Crippen LogP contribution >= 0.6 is 0 Å². The summed E-state index contributed by atoms with van der Waals surface area (Å²) in [6, 6.07) is 7.70. The van der Waals surface area contributed by atoms with E-state index in [0.29, 0.717) is 6.42 Å². The van der Waals surface area contributed by atoms with Gasteiger partial charge in [-0.05, 0) is 50.3 Å². The monoisotopic (exact) mass is 301 g/mol. The number of nitrogens with one attached hydrogen (secondary N) is 1. The summed E-state index contributed by atoms with van der Waals surface area (Å²) in [4.78, 5) is 26.1. The zero-order chi connectivity index (χ0) is 15.5. The third kappa shape index (κ3) is 3.30. The Balaban J connectivity index is 1.68. The molecule has 1 saturated heterocycles. The van der Waals surface area contributed by atoms with Crippen LogP contribution in [0.5, 0.6) is 0 Å². The zero-order valence-electron chi connectivity index (χ0n) is 12.8. The average molecular weight is 301 g/mol. The van der Waals surface area contributed by atoms with Crippen LogP contribution in [-0.4, -0.2) is 24.4 Å². The Labute approximate surface area is 130 Å². The van der Waals surface area contributed by atoms with Gasteiger partial charge in [0.15, 0.2) is 0 Å². The van der Waals surface area contributed by atoms with Crippen LogP contribution in [0.2, 0.25) is 0 Å². The number of piperidine rings is 1. The molecule has 2 atom stereocenters. The highest BCUT2D eigenvalue weighted by molar-refractivity contribution is 5.96. The van der Waals surface area contributed by atoms with E-state index >= 15 is 0 Å². The normalized spacial score (nSPS) is 25.3. The Morgan fingerprint density at radius 2 is 2.14 bits per heavy atom. The minimum Gasteiger partial charge on any atom is -0.328 e. The van der Waals surface area contributed by atoms with Gasteiger partial charge in [-0.15, -0.1) is 0 Å². The summed E-state index contributed by atoms with van der Waals surface area (Å²) in [5.41, 5.74) is 7.49. The average Bonchev–Trinajstić information content (AvgIpc) is 2.95. The van der Waals surface area contributed by atoms with Crippen LogP contribution < -0.4 is 16.0 Å². The molecule has 0 aromatic heterocycles. The minimum atomic E-state index is 0.00951. The van der Waals surface area contributed by atoms with Crippen molar-refractivity contribution in [2.75, 3.05) is 16.8 Å². The maximum atomic E-state index is 12.3. The van der Waals surface area contributed by atoms with Gasteiger partial charge in [-0.1, -0.05) is 6.07 Å². The van der Waals surface area contributed by atoms with Gasteiger partial charge in [0.05, 0.1) is 0 Å². The Hall–Kier alpha value is -1.88. The lowest BCUT2D eigenvalue weighted by Gasteiger charge is -2.27. The molecule has 1 aromatic carbocycles. The molecule has 2 aliphatic rings. The summed E-state index contributed by atoms with van der Waals surface area (Å²) in [6.45, 7) is 0.758. The number of rotatable bonds is 3. The maximum Gasteiger partial charge on any atom is 0.227 e. The number of hydrogen-bond acceptors (Lipinski definition) is 3. The highest BCUT2D eigenvalue weighted by Gasteiger charge is 2.28. The van der Waals surface area contributed by atoms with Gasteiger partial charge in [0, 0.05) is 36.3 Å². The molecule has 1 heterocycles. The summed E-state index contributed by atoms with van der Waals surface area (Å²) in [5, 5.41) is 2.97. The van der Waals surface area contributed by atoms with E-state index in [9.17, 15) is 9.59 Å². The molecule has 1 aromatic rings. The summed E-state index contributed by atoms with van der Waals surface area (Å²) < 4.78 is 0. The quantitative estimate of drug-likeness (QED) is 0.899. The van der Waals surface area contributed by atoms with Crippen LogP contribution in [0, 0.1) is 5.92 Å². The highest BCUT2D eigenvalue weighted by Crippen LogP contribution is 2.27. The number of benzene rings is 1. The van der Waals surface area contributed by atoms with Crippen molar-refractivity contribution in [1.82, 2.24) is 0 Å². The lowest BCUT2D eigenvalue weighted by molar-refractivity contribution is -0.120. The van der Waals surface area contributed by atoms with Crippen LogP contribution in [0.25, 0.3) is 0 Å². The Morgan fingerprint density at radius 1 is 1.27 bits per heavy atom. The van der Waals surface area contributed by atoms with Gasteiger partial charge < -0.3 is 16.0 Å². The predicted molar refractivity (Wildman–Crippen MR) is 86.6 cm³/mol. The van der Waals surface area contributed by atoms with Gasteiger partial charge in [-0.2, -0.15) is 0 Å². The van der Waals surface area contributed by atoms with E-state index in [4.69, 9.17) is 5.73 Å². The minimum absolute atomic E-state index is 0.00951. The van der Waals surface area contributed by atoms with Gasteiger partial charge in [0.2, 0.25) is 11.8 Å². The summed E-state index contributed by atoms with van der Waals surface area (Å²) >= 11 is 0. The van der Waals surface area contributed by atoms with Crippen molar-refractivity contribution in [1.29, 1.82) is 0 Å². The molecule has 1 aliphatic carbocycles. The predicted octanol–water partition coefficient (Wildman–Crippen LogP) is 2.27. The molecule has 0 spiro atoms. The molecule has 5 nitrogen and oxygen atoms in total. The van der Waals surface area contributed by atoms with Gasteiger partial charge in [-0.3, -0.25) is 9.59 Å². The van der Waals surface area contributed by atoms with Crippen LogP contribution in [0.4, 0.5) is 11.4 Å². The second-order valence-electron chi connectivity index (χ2n) is 6.31. The number of carbonyl (C=O) groups is 2. The van der Waals surface area contributed by atoms with Crippen molar-refractivity contribution in [3.63, 3.8) is 0 Å². The summed E-state index contributed by atoms with van der Waals surface area (Å²) in [6.07, 6.45) is 5.14. The first-order chi connectivity index (χ1) is 10.6. The van der Waals surface area contributed by atoms with Gasteiger partial charge in [0.25, 0.3) is 0 Å². The van der Waals surface area contributed by atoms with E-state index in [1.807, 2.05) is 29.2 Å². The second-order valence-corrected chi connectivity index (χ2v) is 6.31. The first-order valence-electron chi connectivity index (χ1n) is 8.10. The van der Waals surface area contributed by atoms with Crippen LogP contribution in [0.3, 0.4) is 0 Å². The SMILES string of the molecule is NC1CCC(C(=O)Nc2cccc(N3CCCCC3=O)c2)C1. The van der Waals surface area contributed by atoms with Crippen LogP contribution in [-0.2, 0) is 9.59 Å². The molecule has 1 aliphatic heterocycles. The molecule has 3 N–H and O–H groups in total. The van der Waals surface area contributed by atoms with Gasteiger partial charge in [0.1, 0.15) is 0 Å². The smallest absolute Gasteiger partial charge is 0.227 e. The fourth-order valence-electron chi connectivity index (χ4n) is 3.33. The fourth-order valence-corrected chi connectivity index (χ4v) is 3.33. The maximum absolute atomic E-state index is 12.3. The molecule has 2 unspecified atom stereocenters. The number of nitrogens with zero attached hydrogens (tertiary/aromatic N) is 1. The Kier molecular flexibility index (Phi) is 4.43. The summed E-state index contributed by atoms with van der Waals surface area (Å²) in [5.74, 6) is 0.210. The van der Waals surface area contributed by atoms with E-state index in [2.05, 4.69) is 5.32 Å². The van der Waals surface area contributed by atoms with Crippen molar-refractivity contribution in [3.8, 4) is 0 Å². The van der Waals surface area contributed by atoms with Gasteiger partial charge in [-0.25, -0.2) is 0 Å². The topological polar surface area (TPSA) is 75.4 Å². The third-order valence-corrected chi connectivity index (χ3v) is 4.59. The van der Waals surface area contributed by atoms with Crippen molar-refractivity contribution in [2.24, 2.45) is 11.7 Å².